The van der Waals surface area contributed by atoms with Crippen molar-refractivity contribution in [2.45, 2.75) is 77.7 Å². The Hall–Kier alpha value is -1.06. The van der Waals surface area contributed by atoms with Gasteiger partial charge in [-0.1, -0.05) is 20.3 Å². The van der Waals surface area contributed by atoms with Crippen molar-refractivity contribution in [3.8, 4) is 0 Å². The lowest BCUT2D eigenvalue weighted by molar-refractivity contribution is -0.151. The molecule has 4 nitrogen and oxygen atoms in total. The number of carbonyl (C=O) groups excluding carboxylic acids is 2. The van der Waals surface area contributed by atoms with Crippen LogP contribution in [0.2, 0.25) is 0 Å². The van der Waals surface area contributed by atoms with Crippen LogP contribution in [0.15, 0.2) is 0 Å². The maximum absolute atomic E-state index is 12.5. The van der Waals surface area contributed by atoms with E-state index in [4.69, 9.17) is 0 Å². The molecule has 1 heterocycles. The fourth-order valence-electron chi connectivity index (χ4n) is 7.58. The minimum Gasteiger partial charge on any atom is -0.353 e. The van der Waals surface area contributed by atoms with Crippen molar-refractivity contribution in [2.75, 3.05) is 14.1 Å². The number of fused-ring (bicyclic) bond motifs is 5. The number of carbonyl (C=O) groups is 2. The van der Waals surface area contributed by atoms with Gasteiger partial charge < -0.3 is 10.2 Å². The van der Waals surface area contributed by atoms with Crippen LogP contribution < -0.4 is 5.32 Å². The highest BCUT2D eigenvalue weighted by Gasteiger charge is 2.60. The highest BCUT2D eigenvalue weighted by molar-refractivity contribution is 5.81. The molecular formula is C22H36N2O2. The van der Waals surface area contributed by atoms with Crippen LogP contribution in [0.1, 0.15) is 71.6 Å². The average molecular weight is 361 g/mol. The number of hydrogen-bond acceptors (Lipinski definition) is 2. The predicted octanol–water partition coefficient (Wildman–Crippen LogP) is 3.60. The van der Waals surface area contributed by atoms with E-state index in [9.17, 15) is 9.59 Å². The third kappa shape index (κ3) is 2.62. The van der Waals surface area contributed by atoms with Gasteiger partial charge in [0.1, 0.15) is 0 Å². The van der Waals surface area contributed by atoms with Gasteiger partial charge in [0, 0.05) is 33.0 Å². The number of amides is 2. The van der Waals surface area contributed by atoms with E-state index in [-0.39, 0.29) is 29.2 Å². The Morgan fingerprint density at radius 1 is 1.12 bits per heavy atom. The second-order valence-corrected chi connectivity index (χ2v) is 10.4. The standard InChI is InChI=1S/C22H36N2O2/c1-21-10-5-6-16(21)15-7-8-18-22(2,17(15)9-11-21)14(12-19(25)23-18)13-20(26)24(3)4/h14-18H,5-13H2,1-4H3,(H,23,25)/t14?,15-,16-,17-,18+,21-,22+/m0/s1. The molecule has 7 atom stereocenters. The Balaban J connectivity index is 1.65. The molecule has 0 bridgehead atoms. The predicted molar refractivity (Wildman–Crippen MR) is 102 cm³/mol. The minimum absolute atomic E-state index is 0.0758. The zero-order valence-electron chi connectivity index (χ0n) is 17.0. The largest absolute Gasteiger partial charge is 0.353 e. The van der Waals surface area contributed by atoms with E-state index >= 15 is 0 Å². The topological polar surface area (TPSA) is 49.4 Å². The molecule has 4 aliphatic rings. The molecule has 0 radical (unpaired) electrons. The summed E-state index contributed by atoms with van der Waals surface area (Å²) < 4.78 is 0. The van der Waals surface area contributed by atoms with Gasteiger partial charge in [0.05, 0.1) is 0 Å². The second kappa shape index (κ2) is 6.24. The number of nitrogens with zero attached hydrogens (tertiary/aromatic N) is 1. The van der Waals surface area contributed by atoms with Crippen LogP contribution >= 0.6 is 0 Å². The highest BCUT2D eigenvalue weighted by Crippen LogP contribution is 2.65. The van der Waals surface area contributed by atoms with E-state index in [0.29, 0.717) is 24.2 Å². The highest BCUT2D eigenvalue weighted by atomic mass is 16.2. The van der Waals surface area contributed by atoms with E-state index in [0.717, 1.165) is 18.3 Å². The molecular weight excluding hydrogens is 324 g/mol. The van der Waals surface area contributed by atoms with Crippen molar-refractivity contribution >= 4 is 11.8 Å². The Labute approximate surface area is 158 Å². The van der Waals surface area contributed by atoms with Crippen LogP contribution in [0.25, 0.3) is 0 Å². The zero-order chi connectivity index (χ0) is 18.7. The van der Waals surface area contributed by atoms with Gasteiger partial charge in [-0.25, -0.2) is 0 Å². The quantitative estimate of drug-likeness (QED) is 0.818. The molecule has 4 fully saturated rings. The number of nitrogens with one attached hydrogen (secondary N) is 1. The van der Waals surface area contributed by atoms with Gasteiger partial charge in [0.25, 0.3) is 0 Å². The smallest absolute Gasteiger partial charge is 0.222 e. The molecule has 1 unspecified atom stereocenters. The van der Waals surface area contributed by atoms with Gasteiger partial charge in [-0.15, -0.1) is 0 Å². The van der Waals surface area contributed by atoms with Gasteiger partial charge in [0.15, 0.2) is 0 Å². The molecule has 1 saturated heterocycles. The maximum atomic E-state index is 12.5. The van der Waals surface area contributed by atoms with E-state index in [1.807, 2.05) is 14.1 Å². The molecule has 1 N–H and O–H groups in total. The first kappa shape index (κ1) is 18.3. The van der Waals surface area contributed by atoms with Crippen molar-refractivity contribution in [3.63, 3.8) is 0 Å². The molecule has 3 saturated carbocycles. The first-order valence-electron chi connectivity index (χ1n) is 10.8. The summed E-state index contributed by atoms with van der Waals surface area (Å²) in [5.74, 6) is 2.84. The maximum Gasteiger partial charge on any atom is 0.222 e. The van der Waals surface area contributed by atoms with Crippen molar-refractivity contribution in [2.24, 2.45) is 34.5 Å². The SMILES string of the molecule is CN(C)C(=O)CC1CC(=O)N[C@@H]2CC[C@H]3[C@@H]4CCC[C@@]4(C)CC[C@@H]3[C@@]12C. The number of piperidine rings is 1. The van der Waals surface area contributed by atoms with Gasteiger partial charge in [-0.3, -0.25) is 9.59 Å². The molecule has 146 valence electrons. The molecule has 0 aromatic heterocycles. The number of hydrogen-bond donors (Lipinski definition) is 1. The lowest BCUT2D eigenvalue weighted by Gasteiger charge is -2.62. The molecule has 4 heteroatoms. The summed E-state index contributed by atoms with van der Waals surface area (Å²) >= 11 is 0. The third-order valence-electron chi connectivity index (χ3n) is 9.12. The summed E-state index contributed by atoms with van der Waals surface area (Å²) in [5, 5.41) is 3.33. The summed E-state index contributed by atoms with van der Waals surface area (Å²) in [6, 6.07) is 0.260. The third-order valence-corrected chi connectivity index (χ3v) is 9.12. The molecule has 0 spiro atoms. The van der Waals surface area contributed by atoms with Crippen molar-refractivity contribution in [1.82, 2.24) is 10.2 Å². The molecule has 0 aromatic rings. The fraction of sp³-hybridized carbons (Fsp3) is 0.909. The average Bonchev–Trinajstić information content (AvgIpc) is 2.97. The van der Waals surface area contributed by atoms with E-state index in [1.54, 1.807) is 4.90 Å². The van der Waals surface area contributed by atoms with Crippen LogP contribution in [-0.4, -0.2) is 36.9 Å². The summed E-state index contributed by atoms with van der Waals surface area (Å²) in [4.78, 5) is 26.6. The van der Waals surface area contributed by atoms with E-state index < -0.39 is 0 Å². The minimum atomic E-state index is 0.0758. The first-order valence-corrected chi connectivity index (χ1v) is 10.8. The van der Waals surface area contributed by atoms with Gasteiger partial charge >= 0.3 is 0 Å². The number of rotatable bonds is 2. The lowest BCUT2D eigenvalue weighted by atomic mass is 9.45. The Bertz CT molecular complexity index is 603. The Morgan fingerprint density at radius 2 is 1.88 bits per heavy atom. The summed E-state index contributed by atoms with van der Waals surface area (Å²) in [7, 11) is 3.67. The van der Waals surface area contributed by atoms with Gasteiger partial charge in [-0.2, -0.15) is 0 Å². The van der Waals surface area contributed by atoms with Crippen LogP contribution in [0, 0.1) is 34.5 Å². The monoisotopic (exact) mass is 360 g/mol. The summed E-state index contributed by atoms with van der Waals surface area (Å²) in [6.07, 6.45) is 10.2. The van der Waals surface area contributed by atoms with Crippen LogP contribution in [0.5, 0.6) is 0 Å². The molecule has 2 amide bonds. The molecule has 26 heavy (non-hydrogen) atoms. The van der Waals surface area contributed by atoms with Crippen molar-refractivity contribution in [1.29, 1.82) is 0 Å². The summed E-state index contributed by atoms with van der Waals surface area (Å²) in [6.45, 7) is 4.95. The van der Waals surface area contributed by atoms with Crippen molar-refractivity contribution < 1.29 is 9.59 Å². The molecule has 0 aromatic carbocycles. The van der Waals surface area contributed by atoms with Crippen LogP contribution in [0.4, 0.5) is 0 Å². The normalized spacial score (nSPS) is 47.4. The van der Waals surface area contributed by atoms with Gasteiger partial charge in [-0.05, 0) is 73.0 Å². The molecule has 3 aliphatic carbocycles. The first-order chi connectivity index (χ1) is 12.3. The Kier molecular flexibility index (Phi) is 4.39. The lowest BCUT2D eigenvalue weighted by Crippen LogP contribution is -2.64. The fourth-order valence-corrected chi connectivity index (χ4v) is 7.58. The second-order valence-electron chi connectivity index (χ2n) is 10.4. The molecule has 4 rings (SSSR count). The van der Waals surface area contributed by atoms with Crippen molar-refractivity contribution in [3.05, 3.63) is 0 Å². The van der Waals surface area contributed by atoms with Crippen LogP contribution in [-0.2, 0) is 9.59 Å². The zero-order valence-corrected chi connectivity index (χ0v) is 17.0. The van der Waals surface area contributed by atoms with E-state index in [1.165, 1.54) is 38.5 Å². The summed E-state index contributed by atoms with van der Waals surface area (Å²) in [5.41, 5.74) is 0.629. The van der Waals surface area contributed by atoms with Gasteiger partial charge in [0.2, 0.25) is 11.8 Å². The molecule has 1 aliphatic heterocycles. The Morgan fingerprint density at radius 3 is 2.62 bits per heavy atom. The van der Waals surface area contributed by atoms with E-state index in [2.05, 4.69) is 19.2 Å². The van der Waals surface area contributed by atoms with Crippen LogP contribution in [0.3, 0.4) is 0 Å².